The maximum Gasteiger partial charge on any atom is 0.412 e. The van der Waals surface area contributed by atoms with Gasteiger partial charge >= 0.3 is 18.0 Å². The van der Waals surface area contributed by atoms with Gasteiger partial charge in [0.25, 0.3) is 5.91 Å². The van der Waals surface area contributed by atoms with Gasteiger partial charge in [0.15, 0.2) is 15.3 Å². The second-order valence-electron chi connectivity index (χ2n) is 11.9. The highest BCUT2D eigenvalue weighted by molar-refractivity contribution is 6.68. The van der Waals surface area contributed by atoms with Crippen LogP contribution in [0.2, 0.25) is 0 Å². The molecule has 1 aromatic rings. The zero-order valence-corrected chi connectivity index (χ0v) is 31.3. The van der Waals surface area contributed by atoms with Crippen molar-refractivity contribution in [1.82, 2.24) is 4.90 Å². The molecule has 1 aliphatic heterocycles. The van der Waals surface area contributed by atoms with Crippen molar-refractivity contribution in [3.8, 4) is 11.5 Å². The second kappa shape index (κ2) is 18.3. The number of carbonyl (C=O) groups excluding carboxylic acids is 4. The molecule has 1 heterocycles. The maximum atomic E-state index is 13.8. The van der Waals surface area contributed by atoms with E-state index in [0.717, 1.165) is 6.42 Å². The zero-order chi connectivity index (χ0) is 35.6. The van der Waals surface area contributed by atoms with Gasteiger partial charge in [0.2, 0.25) is 3.79 Å². The van der Waals surface area contributed by atoms with Gasteiger partial charge in [-0.25, -0.2) is 4.79 Å². The van der Waals surface area contributed by atoms with Crippen molar-refractivity contribution in [3.63, 3.8) is 0 Å². The topological polar surface area (TPSA) is 130 Å². The number of esters is 2. The average molecular weight is 785 g/mol. The van der Waals surface area contributed by atoms with Gasteiger partial charge in [-0.3, -0.25) is 19.7 Å². The largest absolute Gasteiger partial charge is 0.493 e. The normalized spacial score (nSPS) is 15.9. The number of benzene rings is 1. The van der Waals surface area contributed by atoms with Gasteiger partial charge in [-0.15, -0.1) is 0 Å². The molecule has 1 saturated heterocycles. The number of amides is 2. The minimum Gasteiger partial charge on any atom is -0.493 e. The van der Waals surface area contributed by atoms with Crippen molar-refractivity contribution < 1.29 is 42.9 Å². The van der Waals surface area contributed by atoms with Crippen molar-refractivity contribution >= 4 is 99.2 Å². The summed E-state index contributed by atoms with van der Waals surface area (Å²) in [7, 11) is 1.42. The Kier molecular flexibility index (Phi) is 16.1. The molecule has 1 aromatic carbocycles. The highest BCUT2D eigenvalue weighted by Crippen LogP contribution is 2.38. The van der Waals surface area contributed by atoms with E-state index >= 15 is 0 Å². The lowest BCUT2D eigenvalue weighted by Crippen LogP contribution is -2.39. The van der Waals surface area contributed by atoms with Gasteiger partial charge < -0.3 is 28.6 Å². The summed E-state index contributed by atoms with van der Waals surface area (Å²) in [5, 5.41) is 2.65. The van der Waals surface area contributed by atoms with E-state index in [0.29, 0.717) is 25.8 Å². The third-order valence-corrected chi connectivity index (χ3v) is 7.47. The van der Waals surface area contributed by atoms with Crippen LogP contribution in [0.3, 0.4) is 0 Å². The third kappa shape index (κ3) is 15.6. The number of ether oxygens (including phenoxy) is 5. The van der Waals surface area contributed by atoms with E-state index in [-0.39, 0.29) is 54.8 Å². The summed E-state index contributed by atoms with van der Waals surface area (Å²) in [6, 6.07) is 2.63. The fraction of sp³-hybridized carbons (Fsp3) is 0.667. The van der Waals surface area contributed by atoms with E-state index in [2.05, 4.69) is 5.32 Å². The highest BCUT2D eigenvalue weighted by atomic mass is 35.6. The van der Waals surface area contributed by atoms with Gasteiger partial charge in [0, 0.05) is 26.0 Å². The smallest absolute Gasteiger partial charge is 0.412 e. The minimum atomic E-state index is -1.79. The van der Waals surface area contributed by atoms with Crippen molar-refractivity contribution in [2.45, 2.75) is 85.4 Å². The lowest BCUT2D eigenvalue weighted by molar-refractivity contribution is -0.149. The van der Waals surface area contributed by atoms with E-state index in [1.807, 2.05) is 0 Å². The molecule has 266 valence electrons. The Labute approximate surface area is 305 Å². The Morgan fingerprint density at radius 3 is 2.23 bits per heavy atom. The number of hydrogen-bond donors (Lipinski definition) is 1. The zero-order valence-electron chi connectivity index (χ0n) is 26.8. The highest BCUT2D eigenvalue weighted by Gasteiger charge is 2.34. The fourth-order valence-corrected chi connectivity index (χ4v) is 5.42. The number of hydrogen-bond acceptors (Lipinski definition) is 9. The predicted octanol–water partition coefficient (Wildman–Crippen LogP) is 8.05. The number of likely N-dealkylation sites (tertiary alicyclic amines) is 1. The van der Waals surface area contributed by atoms with Crippen LogP contribution in [0.25, 0.3) is 0 Å². The monoisotopic (exact) mass is 782 g/mol. The molecule has 11 nitrogen and oxygen atoms in total. The van der Waals surface area contributed by atoms with Gasteiger partial charge in [0.05, 0.1) is 36.9 Å². The standard InChI is InChI=1S/C30H40Cl6N2O9/c1-18(39)45-16-20-10-8-11-38(20)25(40)21-13-23(43-5)24(14-22(21)37-27(42)47-28(2,3)4)44-12-7-6-9-19(15-29(31,32)33)26(41)46-17-30(34,35)36/h13-14,19-20H,6-12,15-17H2,1-5H3,(H,37,42). The summed E-state index contributed by atoms with van der Waals surface area (Å²) in [4.78, 5) is 52.2. The lowest BCUT2D eigenvalue weighted by atomic mass is 9.99. The molecule has 0 saturated carbocycles. The molecule has 2 amide bonds. The molecule has 2 atom stereocenters. The fourth-order valence-electron chi connectivity index (χ4n) is 4.70. The molecule has 1 fully saturated rings. The molecule has 17 heteroatoms. The number of methoxy groups -OCH3 is 1. The number of nitrogens with one attached hydrogen (secondary N) is 1. The van der Waals surface area contributed by atoms with Crippen molar-refractivity contribution in [1.29, 1.82) is 0 Å². The van der Waals surface area contributed by atoms with Crippen LogP contribution in [0.1, 0.15) is 76.6 Å². The molecular formula is C30H40Cl6N2O9. The maximum absolute atomic E-state index is 13.8. The predicted molar refractivity (Wildman–Crippen MR) is 183 cm³/mol. The molecule has 0 bridgehead atoms. The van der Waals surface area contributed by atoms with E-state index in [9.17, 15) is 19.2 Å². The van der Waals surface area contributed by atoms with Crippen LogP contribution >= 0.6 is 69.6 Å². The summed E-state index contributed by atoms with van der Waals surface area (Å²) >= 11 is 34.8. The van der Waals surface area contributed by atoms with Crippen molar-refractivity contribution in [2.75, 3.05) is 38.8 Å². The van der Waals surface area contributed by atoms with Crippen LogP contribution in [-0.4, -0.2) is 81.5 Å². The molecule has 0 aromatic heterocycles. The third-order valence-electron chi connectivity index (χ3n) is 6.68. The van der Waals surface area contributed by atoms with Gasteiger partial charge in [0.1, 0.15) is 18.8 Å². The molecule has 47 heavy (non-hydrogen) atoms. The Balaban J connectivity index is 2.22. The Hall–Kier alpha value is -1.76. The molecule has 2 unspecified atom stereocenters. The molecule has 2 rings (SSSR count). The summed E-state index contributed by atoms with van der Waals surface area (Å²) in [6.45, 7) is 6.64. The second-order valence-corrected chi connectivity index (χ2v) is 16.9. The van der Waals surface area contributed by atoms with E-state index in [4.69, 9.17) is 93.3 Å². The number of nitrogens with zero attached hydrogens (tertiary/aromatic N) is 1. The quantitative estimate of drug-likeness (QED) is 0.0862. The number of rotatable bonds is 14. The number of carbonyl (C=O) groups is 4. The first-order valence-electron chi connectivity index (χ1n) is 14.8. The summed E-state index contributed by atoms with van der Waals surface area (Å²) < 4.78 is 23.7. The Morgan fingerprint density at radius 2 is 1.66 bits per heavy atom. The summed E-state index contributed by atoms with van der Waals surface area (Å²) in [5.41, 5.74) is -0.527. The summed E-state index contributed by atoms with van der Waals surface area (Å²) in [6.07, 6.45) is 1.70. The molecular weight excluding hydrogens is 745 g/mol. The SMILES string of the molecule is COc1cc(C(=O)N2CCCC2COC(C)=O)c(NC(=O)OC(C)(C)C)cc1OCCCCC(CC(Cl)(Cl)Cl)C(=O)OCC(Cl)(Cl)Cl. The molecule has 0 radical (unpaired) electrons. The van der Waals surface area contributed by atoms with Crippen molar-refractivity contribution in [3.05, 3.63) is 17.7 Å². The lowest BCUT2D eigenvalue weighted by Gasteiger charge is -2.26. The number of unbranched alkanes of at least 4 members (excludes halogenated alkanes) is 1. The van der Waals surface area contributed by atoms with Crippen LogP contribution in [0.4, 0.5) is 10.5 Å². The first-order chi connectivity index (χ1) is 21.7. The summed E-state index contributed by atoms with van der Waals surface area (Å²) in [5.74, 6) is -1.81. The van der Waals surface area contributed by atoms with Gasteiger partial charge in [-0.2, -0.15) is 0 Å². The van der Waals surface area contributed by atoms with Gasteiger partial charge in [-0.05, 0) is 58.9 Å². The van der Waals surface area contributed by atoms with Crippen LogP contribution < -0.4 is 14.8 Å². The van der Waals surface area contributed by atoms with Crippen LogP contribution in [-0.2, 0) is 23.8 Å². The first kappa shape index (κ1) is 41.4. The number of alkyl halides is 6. The van der Waals surface area contributed by atoms with E-state index in [1.165, 1.54) is 26.2 Å². The van der Waals surface area contributed by atoms with Crippen LogP contribution in [0.5, 0.6) is 11.5 Å². The van der Waals surface area contributed by atoms with Crippen LogP contribution in [0, 0.1) is 5.92 Å². The number of anilines is 1. The Bertz CT molecular complexity index is 1250. The van der Waals surface area contributed by atoms with E-state index < -0.39 is 49.6 Å². The van der Waals surface area contributed by atoms with E-state index in [1.54, 1.807) is 25.7 Å². The molecule has 0 spiro atoms. The number of halogens is 6. The van der Waals surface area contributed by atoms with Crippen molar-refractivity contribution in [2.24, 2.45) is 5.92 Å². The molecule has 0 aliphatic carbocycles. The van der Waals surface area contributed by atoms with Gasteiger partial charge in [-0.1, -0.05) is 69.6 Å². The molecule has 1 aliphatic rings. The first-order valence-corrected chi connectivity index (χ1v) is 17.0. The minimum absolute atomic E-state index is 0.0569. The molecule has 1 N–H and O–H groups in total. The Morgan fingerprint density at radius 1 is 0.979 bits per heavy atom. The average Bonchev–Trinajstić information content (AvgIpc) is 3.40. The van der Waals surface area contributed by atoms with Crippen LogP contribution in [0.15, 0.2) is 12.1 Å².